The van der Waals surface area contributed by atoms with Crippen molar-refractivity contribution in [3.8, 4) is 6.07 Å². The first-order valence-corrected chi connectivity index (χ1v) is 5.73. The van der Waals surface area contributed by atoms with Crippen LogP contribution in [0.5, 0.6) is 0 Å². The van der Waals surface area contributed by atoms with Crippen molar-refractivity contribution in [2.75, 3.05) is 0 Å². The Balaban J connectivity index is 1.92. The zero-order valence-corrected chi connectivity index (χ0v) is 9.22. The molecule has 0 amide bonds. The van der Waals surface area contributed by atoms with Crippen molar-refractivity contribution in [1.82, 2.24) is 0 Å². The number of nitrogens with zero attached hydrogens (tertiary/aromatic N) is 1. The van der Waals surface area contributed by atoms with E-state index in [0.29, 0.717) is 5.41 Å². The monoisotopic (exact) mass is 217 g/mol. The lowest BCUT2D eigenvalue weighted by molar-refractivity contribution is 0.173. The van der Waals surface area contributed by atoms with Gasteiger partial charge >= 0.3 is 0 Å². The minimum absolute atomic E-state index is 0.207. The van der Waals surface area contributed by atoms with E-state index >= 15 is 0 Å². The lowest BCUT2D eigenvalue weighted by atomic mass is 9.57. The first kappa shape index (κ1) is 9.24. The Kier molecular flexibility index (Phi) is 1.71. The summed E-state index contributed by atoms with van der Waals surface area (Å²) in [7, 11) is 0. The third-order valence-electron chi connectivity index (χ3n) is 3.92. The molecule has 0 heterocycles. The second-order valence-electron chi connectivity index (χ2n) is 5.05. The number of hydrogen-bond acceptors (Lipinski definition) is 1. The molecule has 2 aliphatic carbocycles. The second-order valence-corrected chi connectivity index (χ2v) is 5.49. The smallest absolute Gasteiger partial charge is 0.0833 e. The second kappa shape index (κ2) is 2.77. The molecule has 0 bridgehead atoms. The maximum atomic E-state index is 9.34. The molecule has 0 atom stereocenters. The molecule has 2 saturated carbocycles. The maximum absolute atomic E-state index is 9.34. The fraction of sp³-hybridized carbons (Fsp3) is 0.462. The highest BCUT2D eigenvalue weighted by atomic mass is 35.5. The highest BCUT2D eigenvalue weighted by Crippen LogP contribution is 2.68. The Morgan fingerprint density at radius 1 is 1.13 bits per heavy atom. The maximum Gasteiger partial charge on any atom is 0.0833 e. The van der Waals surface area contributed by atoms with E-state index in [9.17, 15) is 5.26 Å². The van der Waals surface area contributed by atoms with Gasteiger partial charge in [-0.05, 0) is 48.8 Å². The normalized spacial score (nSPS) is 24.3. The van der Waals surface area contributed by atoms with Crippen LogP contribution in [0.1, 0.15) is 31.2 Å². The molecule has 1 spiro atoms. The molecule has 2 fully saturated rings. The largest absolute Gasteiger partial charge is 0.197 e. The summed E-state index contributed by atoms with van der Waals surface area (Å²) in [4.78, 5) is 0. The number of halogens is 1. The molecule has 15 heavy (non-hydrogen) atoms. The van der Waals surface area contributed by atoms with Gasteiger partial charge in [-0.25, -0.2) is 0 Å². The quantitative estimate of drug-likeness (QED) is 0.704. The van der Waals surface area contributed by atoms with Crippen molar-refractivity contribution in [3.63, 3.8) is 0 Å². The third kappa shape index (κ3) is 1.28. The molecule has 1 nitrogen and oxygen atoms in total. The van der Waals surface area contributed by atoms with Gasteiger partial charge in [0.1, 0.15) is 0 Å². The van der Waals surface area contributed by atoms with Crippen LogP contribution >= 0.6 is 11.6 Å². The Morgan fingerprint density at radius 3 is 2.20 bits per heavy atom. The number of benzene rings is 1. The van der Waals surface area contributed by atoms with E-state index in [1.807, 2.05) is 24.3 Å². The van der Waals surface area contributed by atoms with Crippen molar-refractivity contribution in [3.05, 3.63) is 34.9 Å². The predicted octanol–water partition coefficient (Wildman–Crippen LogP) is 3.68. The molecule has 3 rings (SSSR count). The molecule has 1 aromatic rings. The zero-order chi connectivity index (χ0) is 10.5. The minimum atomic E-state index is -0.207. The van der Waals surface area contributed by atoms with Crippen molar-refractivity contribution < 1.29 is 0 Å². The van der Waals surface area contributed by atoms with Gasteiger partial charge in [-0.2, -0.15) is 5.26 Å². The topological polar surface area (TPSA) is 23.8 Å². The van der Waals surface area contributed by atoms with Crippen LogP contribution < -0.4 is 0 Å². The average Bonchev–Trinajstić information content (AvgIpc) is 2.96. The van der Waals surface area contributed by atoms with Crippen LogP contribution in [0.2, 0.25) is 5.02 Å². The van der Waals surface area contributed by atoms with Crippen molar-refractivity contribution >= 4 is 11.6 Å². The molecule has 0 aromatic heterocycles. The molecule has 76 valence electrons. The van der Waals surface area contributed by atoms with Crippen molar-refractivity contribution in [2.45, 2.75) is 31.1 Å². The summed E-state index contributed by atoms with van der Waals surface area (Å²) >= 11 is 5.85. The van der Waals surface area contributed by atoms with Gasteiger partial charge in [0.15, 0.2) is 0 Å². The Morgan fingerprint density at radius 2 is 1.73 bits per heavy atom. The molecule has 2 aliphatic rings. The molecule has 2 heteroatoms. The molecular weight excluding hydrogens is 206 g/mol. The highest BCUT2D eigenvalue weighted by molar-refractivity contribution is 6.30. The van der Waals surface area contributed by atoms with E-state index in [-0.39, 0.29) is 5.41 Å². The summed E-state index contributed by atoms with van der Waals surface area (Å²) in [6, 6.07) is 10.3. The third-order valence-corrected chi connectivity index (χ3v) is 4.17. The lowest BCUT2D eigenvalue weighted by Crippen LogP contribution is -2.41. The summed E-state index contributed by atoms with van der Waals surface area (Å²) in [5, 5.41) is 10.1. The predicted molar refractivity (Wildman–Crippen MR) is 59.6 cm³/mol. The summed E-state index contributed by atoms with van der Waals surface area (Å²) in [6.07, 6.45) is 4.75. The Labute approximate surface area is 94.7 Å². The van der Waals surface area contributed by atoms with Gasteiger partial charge in [0, 0.05) is 5.02 Å². The molecule has 0 aliphatic heterocycles. The molecular formula is C13H12ClN. The van der Waals surface area contributed by atoms with Gasteiger partial charge in [0.2, 0.25) is 0 Å². The van der Waals surface area contributed by atoms with Gasteiger partial charge in [0.25, 0.3) is 0 Å². The molecule has 1 aromatic carbocycles. The zero-order valence-electron chi connectivity index (χ0n) is 8.46. The van der Waals surface area contributed by atoms with Crippen molar-refractivity contribution in [1.29, 1.82) is 5.26 Å². The van der Waals surface area contributed by atoms with Crippen LogP contribution in [0, 0.1) is 16.7 Å². The van der Waals surface area contributed by atoms with Crippen LogP contribution in [0.25, 0.3) is 0 Å². The van der Waals surface area contributed by atoms with E-state index in [2.05, 4.69) is 6.07 Å². The summed E-state index contributed by atoms with van der Waals surface area (Å²) in [6.45, 7) is 0. The standard InChI is InChI=1S/C13H12ClN/c14-11-3-1-10(2-4-11)13(9-15)7-12(8-13)5-6-12/h1-4H,5-8H2. The first-order chi connectivity index (χ1) is 7.18. The van der Waals surface area contributed by atoms with Crippen LogP contribution in [-0.4, -0.2) is 0 Å². The van der Waals surface area contributed by atoms with Gasteiger partial charge in [-0.3, -0.25) is 0 Å². The molecule has 0 saturated heterocycles. The number of hydrogen-bond donors (Lipinski definition) is 0. The summed E-state index contributed by atoms with van der Waals surface area (Å²) < 4.78 is 0. The van der Waals surface area contributed by atoms with E-state index in [4.69, 9.17) is 11.6 Å². The number of nitriles is 1. The average molecular weight is 218 g/mol. The highest BCUT2D eigenvalue weighted by Gasteiger charge is 2.61. The molecule has 0 N–H and O–H groups in total. The molecule has 0 radical (unpaired) electrons. The minimum Gasteiger partial charge on any atom is -0.197 e. The van der Waals surface area contributed by atoms with Crippen molar-refractivity contribution in [2.24, 2.45) is 5.41 Å². The van der Waals surface area contributed by atoms with Crippen LogP contribution in [0.15, 0.2) is 24.3 Å². The SMILES string of the molecule is N#CC1(c2ccc(Cl)cc2)CC2(CC2)C1. The van der Waals surface area contributed by atoms with E-state index < -0.39 is 0 Å². The van der Waals surface area contributed by atoms with E-state index in [1.165, 1.54) is 12.8 Å². The fourth-order valence-electron chi connectivity index (χ4n) is 2.88. The lowest BCUT2D eigenvalue weighted by Gasteiger charge is -2.44. The van der Waals surface area contributed by atoms with Gasteiger partial charge in [0.05, 0.1) is 11.5 Å². The van der Waals surface area contributed by atoms with Gasteiger partial charge < -0.3 is 0 Å². The number of rotatable bonds is 1. The summed E-state index contributed by atoms with van der Waals surface area (Å²) in [5.41, 5.74) is 1.49. The van der Waals surface area contributed by atoms with Gasteiger partial charge in [-0.1, -0.05) is 23.7 Å². The van der Waals surface area contributed by atoms with E-state index in [0.717, 1.165) is 23.4 Å². The Bertz CT molecular complexity index is 429. The van der Waals surface area contributed by atoms with E-state index in [1.54, 1.807) is 0 Å². The fourth-order valence-corrected chi connectivity index (χ4v) is 3.00. The summed E-state index contributed by atoms with van der Waals surface area (Å²) in [5.74, 6) is 0. The van der Waals surface area contributed by atoms with Crippen LogP contribution in [0.4, 0.5) is 0 Å². The van der Waals surface area contributed by atoms with Crippen LogP contribution in [-0.2, 0) is 5.41 Å². The first-order valence-electron chi connectivity index (χ1n) is 5.36. The Hall–Kier alpha value is -1.00. The van der Waals surface area contributed by atoms with Crippen LogP contribution in [0.3, 0.4) is 0 Å². The van der Waals surface area contributed by atoms with Gasteiger partial charge in [-0.15, -0.1) is 0 Å². The molecule has 0 unspecified atom stereocenters.